The van der Waals surface area contributed by atoms with E-state index in [2.05, 4.69) is 22.3 Å². The van der Waals surface area contributed by atoms with Crippen LogP contribution in [-0.4, -0.2) is 56.9 Å². The SMILES string of the molecule is CCNCC[C@H](NS(=O)(=O)c1cccc(-c2cccs2)c1NC(=O)CC)C(=O)N1CCCCC1CC. The molecule has 10 heteroatoms. The highest BCUT2D eigenvalue weighted by Crippen LogP contribution is 2.36. The van der Waals surface area contributed by atoms with Crippen molar-refractivity contribution in [2.75, 3.05) is 25.0 Å². The lowest BCUT2D eigenvalue weighted by atomic mass is 9.98. The van der Waals surface area contributed by atoms with Gasteiger partial charge < -0.3 is 15.5 Å². The second-order valence-electron chi connectivity index (χ2n) is 8.96. The molecule has 0 spiro atoms. The molecule has 1 aliphatic heterocycles. The van der Waals surface area contributed by atoms with Crippen LogP contribution in [0.25, 0.3) is 10.4 Å². The lowest BCUT2D eigenvalue weighted by Crippen LogP contribution is -2.53. The van der Waals surface area contributed by atoms with E-state index in [1.165, 1.54) is 17.4 Å². The van der Waals surface area contributed by atoms with E-state index in [1.807, 2.05) is 29.3 Å². The Balaban J connectivity index is 1.98. The van der Waals surface area contributed by atoms with Crippen LogP contribution in [0.1, 0.15) is 59.3 Å². The predicted molar refractivity (Wildman–Crippen MR) is 146 cm³/mol. The minimum absolute atomic E-state index is 0.0397. The van der Waals surface area contributed by atoms with Crippen LogP contribution in [-0.2, 0) is 19.6 Å². The third kappa shape index (κ3) is 6.94. The molecule has 2 amide bonds. The topological polar surface area (TPSA) is 108 Å². The molecular formula is C26H38N4O4S2. The largest absolute Gasteiger partial charge is 0.338 e. The maximum absolute atomic E-state index is 13.8. The zero-order chi connectivity index (χ0) is 26.1. The van der Waals surface area contributed by atoms with Gasteiger partial charge in [-0.3, -0.25) is 9.59 Å². The maximum Gasteiger partial charge on any atom is 0.243 e. The fourth-order valence-electron chi connectivity index (χ4n) is 4.57. The molecule has 1 aromatic carbocycles. The zero-order valence-corrected chi connectivity index (χ0v) is 23.0. The van der Waals surface area contributed by atoms with E-state index in [-0.39, 0.29) is 34.9 Å². The Morgan fingerprint density at radius 2 is 1.94 bits per heavy atom. The molecule has 3 rings (SSSR count). The van der Waals surface area contributed by atoms with Crippen LogP contribution < -0.4 is 15.4 Å². The molecule has 1 aromatic heterocycles. The summed E-state index contributed by atoms with van der Waals surface area (Å²) in [4.78, 5) is 28.7. The fraction of sp³-hybridized carbons (Fsp3) is 0.538. The van der Waals surface area contributed by atoms with Crippen molar-refractivity contribution in [3.8, 4) is 10.4 Å². The first kappa shape index (κ1) is 28.3. The maximum atomic E-state index is 13.8. The number of likely N-dealkylation sites (tertiary alicyclic amines) is 1. The number of amides is 2. The van der Waals surface area contributed by atoms with Gasteiger partial charge in [-0.1, -0.05) is 39.0 Å². The number of hydrogen-bond acceptors (Lipinski definition) is 6. The summed E-state index contributed by atoms with van der Waals surface area (Å²) in [5.41, 5.74) is 0.869. The molecule has 1 saturated heterocycles. The summed E-state index contributed by atoms with van der Waals surface area (Å²) in [5.74, 6) is -0.467. The lowest BCUT2D eigenvalue weighted by Gasteiger charge is -2.37. The van der Waals surface area contributed by atoms with Crippen LogP contribution in [0.4, 0.5) is 5.69 Å². The highest BCUT2D eigenvalue weighted by Gasteiger charge is 2.34. The molecule has 2 aromatic rings. The Bertz CT molecular complexity index is 1120. The number of para-hydroxylation sites is 1. The summed E-state index contributed by atoms with van der Waals surface area (Å²) in [5, 5.41) is 7.90. The number of thiophene rings is 1. The van der Waals surface area contributed by atoms with Gasteiger partial charge in [0.1, 0.15) is 10.9 Å². The standard InChI is InChI=1S/C26H38N4O4S2/c1-4-19-11-7-8-17-30(19)26(32)21(15-16-27-6-3)29-36(33,34)23-14-9-12-20(22-13-10-18-35-22)25(23)28-24(31)5-2/h9-10,12-14,18-19,21,27,29H,4-8,11,15-17H2,1-3H3,(H,28,31)/t19?,21-/m0/s1. The van der Waals surface area contributed by atoms with Crippen molar-refractivity contribution >= 4 is 38.9 Å². The number of hydrogen-bond donors (Lipinski definition) is 3. The van der Waals surface area contributed by atoms with Crippen molar-refractivity contribution in [3.63, 3.8) is 0 Å². The summed E-state index contributed by atoms with van der Waals surface area (Å²) >= 11 is 1.46. The molecule has 0 aliphatic carbocycles. The van der Waals surface area contributed by atoms with Gasteiger partial charge in [0.15, 0.2) is 0 Å². The van der Waals surface area contributed by atoms with E-state index in [0.29, 0.717) is 25.1 Å². The van der Waals surface area contributed by atoms with Gasteiger partial charge in [0.05, 0.1) is 5.69 Å². The molecule has 0 bridgehead atoms. The van der Waals surface area contributed by atoms with Crippen molar-refractivity contribution in [2.45, 2.75) is 76.3 Å². The highest BCUT2D eigenvalue weighted by atomic mass is 32.2. The number of nitrogens with one attached hydrogen (secondary N) is 3. The Kier molecular flexibility index (Phi) is 10.5. The Labute approximate surface area is 218 Å². The van der Waals surface area contributed by atoms with E-state index < -0.39 is 16.1 Å². The second-order valence-corrected chi connectivity index (χ2v) is 11.6. The third-order valence-electron chi connectivity index (χ3n) is 6.52. The van der Waals surface area contributed by atoms with E-state index in [4.69, 9.17) is 0 Å². The third-order valence-corrected chi connectivity index (χ3v) is 8.94. The average Bonchev–Trinajstić information content (AvgIpc) is 3.42. The smallest absolute Gasteiger partial charge is 0.243 e. The number of sulfonamides is 1. The molecule has 3 N–H and O–H groups in total. The molecule has 1 fully saturated rings. The molecule has 1 unspecified atom stereocenters. The first-order valence-electron chi connectivity index (χ1n) is 12.8. The van der Waals surface area contributed by atoms with Crippen LogP contribution in [0.5, 0.6) is 0 Å². The molecule has 8 nitrogen and oxygen atoms in total. The van der Waals surface area contributed by atoms with E-state index >= 15 is 0 Å². The van der Waals surface area contributed by atoms with Gasteiger partial charge in [-0.25, -0.2) is 8.42 Å². The van der Waals surface area contributed by atoms with E-state index in [0.717, 1.165) is 37.1 Å². The van der Waals surface area contributed by atoms with Gasteiger partial charge in [0.2, 0.25) is 21.8 Å². The molecule has 0 saturated carbocycles. The molecule has 1 aliphatic rings. The van der Waals surface area contributed by atoms with Crippen LogP contribution in [0.2, 0.25) is 0 Å². The number of piperidine rings is 1. The van der Waals surface area contributed by atoms with Crippen molar-refractivity contribution < 1.29 is 18.0 Å². The monoisotopic (exact) mass is 534 g/mol. The molecule has 198 valence electrons. The summed E-state index contributed by atoms with van der Waals surface area (Å²) in [6.45, 7) is 7.63. The number of carbonyl (C=O) groups is 2. The van der Waals surface area contributed by atoms with Gasteiger partial charge >= 0.3 is 0 Å². The van der Waals surface area contributed by atoms with Crippen LogP contribution in [0.3, 0.4) is 0 Å². The van der Waals surface area contributed by atoms with Gasteiger partial charge in [0, 0.05) is 29.4 Å². The van der Waals surface area contributed by atoms with Crippen molar-refractivity contribution in [3.05, 3.63) is 35.7 Å². The summed E-state index contributed by atoms with van der Waals surface area (Å²) in [7, 11) is -4.14. The fourth-order valence-corrected chi connectivity index (χ4v) is 6.74. The van der Waals surface area contributed by atoms with Crippen LogP contribution >= 0.6 is 11.3 Å². The summed E-state index contributed by atoms with van der Waals surface area (Å²) in [6.07, 6.45) is 4.32. The first-order chi connectivity index (χ1) is 17.3. The van der Waals surface area contributed by atoms with Gasteiger partial charge in [-0.15, -0.1) is 11.3 Å². The van der Waals surface area contributed by atoms with Crippen LogP contribution in [0.15, 0.2) is 40.6 Å². The van der Waals surface area contributed by atoms with Crippen molar-refractivity contribution in [1.82, 2.24) is 14.9 Å². The quantitative estimate of drug-likeness (QED) is 0.354. The zero-order valence-electron chi connectivity index (χ0n) is 21.4. The molecular weight excluding hydrogens is 496 g/mol. The number of benzene rings is 1. The molecule has 36 heavy (non-hydrogen) atoms. The van der Waals surface area contributed by atoms with Crippen LogP contribution in [0, 0.1) is 0 Å². The Morgan fingerprint density at radius 3 is 2.61 bits per heavy atom. The Hall–Kier alpha value is -2.27. The first-order valence-corrected chi connectivity index (χ1v) is 15.2. The normalized spacial score (nSPS) is 17.1. The predicted octanol–water partition coefficient (Wildman–Crippen LogP) is 4.20. The highest BCUT2D eigenvalue weighted by molar-refractivity contribution is 7.89. The van der Waals surface area contributed by atoms with E-state index in [9.17, 15) is 18.0 Å². The van der Waals surface area contributed by atoms with Gasteiger partial charge in [0.25, 0.3) is 0 Å². The minimum atomic E-state index is -4.14. The second kappa shape index (κ2) is 13.3. The molecule has 2 heterocycles. The number of carbonyl (C=O) groups excluding carboxylic acids is 2. The Morgan fingerprint density at radius 1 is 1.14 bits per heavy atom. The van der Waals surface area contributed by atoms with Crippen molar-refractivity contribution in [2.24, 2.45) is 0 Å². The molecule has 0 radical (unpaired) electrons. The lowest BCUT2D eigenvalue weighted by molar-refractivity contribution is -0.137. The summed E-state index contributed by atoms with van der Waals surface area (Å²) in [6, 6.07) is 7.92. The van der Waals surface area contributed by atoms with Crippen molar-refractivity contribution in [1.29, 1.82) is 0 Å². The van der Waals surface area contributed by atoms with Gasteiger partial charge in [-0.2, -0.15) is 4.72 Å². The van der Waals surface area contributed by atoms with Gasteiger partial charge in [-0.05, 0) is 62.7 Å². The summed E-state index contributed by atoms with van der Waals surface area (Å²) < 4.78 is 30.3. The number of nitrogens with zero attached hydrogens (tertiary/aromatic N) is 1. The van der Waals surface area contributed by atoms with E-state index in [1.54, 1.807) is 19.1 Å². The number of rotatable bonds is 12. The molecule has 2 atom stereocenters. The number of anilines is 1. The average molecular weight is 535 g/mol. The minimum Gasteiger partial charge on any atom is -0.338 e.